The Bertz CT molecular complexity index is 621. The first kappa shape index (κ1) is 13.6. The van der Waals surface area contributed by atoms with Crippen molar-refractivity contribution in [2.75, 3.05) is 6.61 Å². The molecule has 0 radical (unpaired) electrons. The summed E-state index contributed by atoms with van der Waals surface area (Å²) in [7, 11) is 0. The Morgan fingerprint density at radius 1 is 1.37 bits per heavy atom. The number of aromatic nitrogens is 2. The van der Waals surface area contributed by atoms with Crippen LogP contribution in [0.3, 0.4) is 0 Å². The monoisotopic (exact) mass is 260 g/mol. The van der Waals surface area contributed by atoms with Crippen LogP contribution in [-0.2, 0) is 10.2 Å². The zero-order valence-electron chi connectivity index (χ0n) is 12.2. The summed E-state index contributed by atoms with van der Waals surface area (Å²) in [5, 5.41) is 0. The molecular weight excluding hydrogens is 240 g/mol. The smallest absolute Gasteiger partial charge is 0.338 e. The lowest BCUT2D eigenvalue weighted by Crippen LogP contribution is -2.11. The van der Waals surface area contributed by atoms with Crippen molar-refractivity contribution >= 4 is 11.6 Å². The molecular formula is C15H20N2O2. The van der Waals surface area contributed by atoms with Gasteiger partial charge in [-0.15, -0.1) is 0 Å². The van der Waals surface area contributed by atoms with Crippen LogP contribution >= 0.6 is 0 Å². The Morgan fingerprint density at radius 2 is 2.05 bits per heavy atom. The quantitative estimate of drug-likeness (QED) is 0.779. The van der Waals surface area contributed by atoms with Gasteiger partial charge in [0.2, 0.25) is 0 Å². The number of nitrogens with zero attached hydrogens (tertiary/aromatic N) is 2. The van der Waals surface area contributed by atoms with E-state index in [0.29, 0.717) is 12.2 Å². The van der Waals surface area contributed by atoms with Crippen LogP contribution in [0.4, 0.5) is 0 Å². The molecule has 0 aliphatic rings. The first-order valence-corrected chi connectivity index (χ1v) is 6.50. The molecule has 0 atom stereocenters. The van der Waals surface area contributed by atoms with Crippen molar-refractivity contribution in [2.45, 2.75) is 40.0 Å². The van der Waals surface area contributed by atoms with Crippen molar-refractivity contribution < 1.29 is 9.53 Å². The number of hydrogen-bond donors (Lipinski definition) is 0. The molecule has 0 amide bonds. The van der Waals surface area contributed by atoms with Gasteiger partial charge in [0.25, 0.3) is 0 Å². The standard InChI is InChI=1S/C15H20N2O2/c1-6-19-14(18)11-7-10(2)17-9-12(15(3,4)5)16-13(17)8-11/h7-9H,6H2,1-5H3. The Morgan fingerprint density at radius 3 is 2.63 bits per heavy atom. The van der Waals surface area contributed by atoms with Crippen LogP contribution < -0.4 is 0 Å². The van der Waals surface area contributed by atoms with Crippen LogP contribution in [0.1, 0.15) is 49.4 Å². The van der Waals surface area contributed by atoms with E-state index in [1.54, 1.807) is 13.0 Å². The van der Waals surface area contributed by atoms with Gasteiger partial charge in [0.1, 0.15) is 5.65 Å². The van der Waals surface area contributed by atoms with E-state index in [4.69, 9.17) is 4.74 Å². The zero-order valence-corrected chi connectivity index (χ0v) is 12.2. The van der Waals surface area contributed by atoms with Crippen molar-refractivity contribution in [3.63, 3.8) is 0 Å². The molecule has 0 bridgehead atoms. The SMILES string of the molecule is CCOC(=O)c1cc(C)n2cc(C(C)(C)C)nc2c1. The summed E-state index contributed by atoms with van der Waals surface area (Å²) in [5.41, 5.74) is 3.31. The van der Waals surface area contributed by atoms with Crippen molar-refractivity contribution in [1.29, 1.82) is 0 Å². The second-order valence-corrected chi connectivity index (χ2v) is 5.71. The molecule has 0 saturated carbocycles. The Hall–Kier alpha value is -1.84. The number of pyridine rings is 1. The maximum Gasteiger partial charge on any atom is 0.338 e. The average molecular weight is 260 g/mol. The number of aryl methyl sites for hydroxylation is 1. The van der Waals surface area contributed by atoms with Gasteiger partial charge in [0.15, 0.2) is 0 Å². The van der Waals surface area contributed by atoms with Gasteiger partial charge in [-0.25, -0.2) is 9.78 Å². The molecule has 0 spiro atoms. The Labute approximate surface area is 113 Å². The zero-order chi connectivity index (χ0) is 14.2. The molecule has 2 heterocycles. The number of fused-ring (bicyclic) bond motifs is 1. The summed E-state index contributed by atoms with van der Waals surface area (Å²) in [6.07, 6.45) is 2.03. The maximum atomic E-state index is 11.8. The van der Waals surface area contributed by atoms with E-state index >= 15 is 0 Å². The summed E-state index contributed by atoms with van der Waals surface area (Å²) in [6, 6.07) is 3.61. The Kier molecular flexibility index (Phi) is 3.35. The molecule has 2 rings (SSSR count). The minimum Gasteiger partial charge on any atom is -0.462 e. The third kappa shape index (κ3) is 2.62. The summed E-state index contributed by atoms with van der Waals surface area (Å²) < 4.78 is 7.03. The van der Waals surface area contributed by atoms with Crippen LogP contribution in [-0.4, -0.2) is 22.0 Å². The van der Waals surface area contributed by atoms with Crippen molar-refractivity contribution in [3.05, 3.63) is 35.3 Å². The van der Waals surface area contributed by atoms with Gasteiger partial charge in [-0.1, -0.05) is 20.8 Å². The van der Waals surface area contributed by atoms with Crippen LogP contribution in [0.15, 0.2) is 18.3 Å². The van der Waals surface area contributed by atoms with E-state index < -0.39 is 0 Å². The van der Waals surface area contributed by atoms with Gasteiger partial charge >= 0.3 is 5.97 Å². The van der Waals surface area contributed by atoms with E-state index in [1.807, 2.05) is 23.6 Å². The first-order chi connectivity index (χ1) is 8.82. The lowest BCUT2D eigenvalue weighted by Gasteiger charge is -2.13. The highest BCUT2D eigenvalue weighted by molar-refractivity contribution is 5.90. The van der Waals surface area contributed by atoms with Crippen molar-refractivity contribution in [3.8, 4) is 0 Å². The lowest BCUT2D eigenvalue weighted by atomic mass is 9.93. The summed E-state index contributed by atoms with van der Waals surface area (Å²) in [4.78, 5) is 16.4. The molecule has 0 aliphatic heterocycles. The van der Waals surface area contributed by atoms with Crippen LogP contribution in [0, 0.1) is 6.92 Å². The minimum absolute atomic E-state index is 0.0114. The molecule has 4 nitrogen and oxygen atoms in total. The molecule has 2 aromatic heterocycles. The van der Waals surface area contributed by atoms with Crippen LogP contribution in [0.5, 0.6) is 0 Å². The number of carbonyl (C=O) groups is 1. The van der Waals surface area contributed by atoms with Gasteiger partial charge in [0.05, 0.1) is 17.9 Å². The largest absolute Gasteiger partial charge is 0.462 e. The molecule has 0 fully saturated rings. The predicted octanol–water partition coefficient (Wildman–Crippen LogP) is 3.12. The second-order valence-electron chi connectivity index (χ2n) is 5.71. The Balaban J connectivity index is 2.54. The highest BCUT2D eigenvalue weighted by Gasteiger charge is 2.19. The maximum absolute atomic E-state index is 11.8. The third-order valence-electron chi connectivity index (χ3n) is 3.04. The number of hydrogen-bond acceptors (Lipinski definition) is 3. The lowest BCUT2D eigenvalue weighted by molar-refractivity contribution is 0.0526. The predicted molar refractivity (Wildman–Crippen MR) is 74.6 cm³/mol. The fourth-order valence-electron chi connectivity index (χ4n) is 1.95. The van der Waals surface area contributed by atoms with Gasteiger partial charge < -0.3 is 9.14 Å². The molecule has 102 valence electrons. The van der Waals surface area contributed by atoms with Gasteiger partial charge in [0, 0.05) is 17.3 Å². The van der Waals surface area contributed by atoms with E-state index in [0.717, 1.165) is 17.0 Å². The first-order valence-electron chi connectivity index (χ1n) is 6.50. The van der Waals surface area contributed by atoms with E-state index in [9.17, 15) is 4.79 Å². The summed E-state index contributed by atoms with van der Waals surface area (Å²) >= 11 is 0. The molecule has 4 heteroatoms. The van der Waals surface area contributed by atoms with Gasteiger partial charge in [-0.05, 0) is 26.0 Å². The molecule has 19 heavy (non-hydrogen) atoms. The third-order valence-corrected chi connectivity index (χ3v) is 3.04. The molecule has 0 unspecified atom stereocenters. The molecule has 2 aromatic rings. The van der Waals surface area contributed by atoms with E-state index in [-0.39, 0.29) is 11.4 Å². The van der Waals surface area contributed by atoms with E-state index in [2.05, 4.69) is 25.8 Å². The summed E-state index contributed by atoms with van der Waals surface area (Å²) in [6.45, 7) is 10.5. The van der Waals surface area contributed by atoms with Gasteiger partial charge in [-0.2, -0.15) is 0 Å². The van der Waals surface area contributed by atoms with Crippen molar-refractivity contribution in [1.82, 2.24) is 9.38 Å². The second kappa shape index (κ2) is 4.68. The highest BCUT2D eigenvalue weighted by Crippen LogP contribution is 2.23. The topological polar surface area (TPSA) is 43.6 Å². The number of carbonyl (C=O) groups excluding carboxylic acids is 1. The summed E-state index contributed by atoms with van der Waals surface area (Å²) in [5.74, 6) is -0.298. The fourth-order valence-corrected chi connectivity index (χ4v) is 1.95. The van der Waals surface area contributed by atoms with Crippen LogP contribution in [0.2, 0.25) is 0 Å². The number of ether oxygens (including phenoxy) is 1. The van der Waals surface area contributed by atoms with E-state index in [1.165, 1.54) is 0 Å². The normalized spacial score (nSPS) is 11.8. The van der Waals surface area contributed by atoms with Crippen LogP contribution in [0.25, 0.3) is 5.65 Å². The number of imidazole rings is 1. The van der Waals surface area contributed by atoms with Crippen molar-refractivity contribution in [2.24, 2.45) is 0 Å². The number of esters is 1. The number of rotatable bonds is 2. The average Bonchev–Trinajstić information content (AvgIpc) is 2.73. The molecule has 0 aromatic carbocycles. The minimum atomic E-state index is -0.298. The highest BCUT2D eigenvalue weighted by atomic mass is 16.5. The fraction of sp³-hybridized carbons (Fsp3) is 0.467. The molecule has 0 aliphatic carbocycles. The molecule has 0 N–H and O–H groups in total. The van der Waals surface area contributed by atoms with Gasteiger partial charge in [-0.3, -0.25) is 0 Å². The molecule has 0 saturated heterocycles.